The summed E-state index contributed by atoms with van der Waals surface area (Å²) in [4.78, 5) is 0. The number of hydrogen-bond acceptors (Lipinski definition) is 1. The van der Waals surface area contributed by atoms with Crippen LogP contribution >= 0.6 is 0 Å². The van der Waals surface area contributed by atoms with Crippen molar-refractivity contribution in [2.45, 2.75) is 73.4 Å². The van der Waals surface area contributed by atoms with Gasteiger partial charge in [0.15, 0.2) is 0 Å². The Morgan fingerprint density at radius 3 is 2.07 bits per heavy atom. The van der Waals surface area contributed by atoms with Gasteiger partial charge in [0, 0.05) is 5.56 Å². The third kappa shape index (κ3) is 8.32. The Labute approximate surface area is 168 Å². The molecule has 158 valence electrons. The average Bonchev–Trinajstić information content (AvgIpc) is 3.14. The lowest BCUT2D eigenvalue weighted by molar-refractivity contribution is -0.137. The number of rotatable bonds is 6. The summed E-state index contributed by atoms with van der Waals surface area (Å²) in [7, 11) is 0. The van der Waals surface area contributed by atoms with Gasteiger partial charge in [-0.3, -0.25) is 5.10 Å². The maximum atomic E-state index is 12.9. The minimum Gasteiger partial charge on any atom is -0.278 e. The van der Waals surface area contributed by atoms with E-state index in [1.165, 1.54) is 44.0 Å². The van der Waals surface area contributed by atoms with Crippen LogP contribution in [0.4, 0.5) is 13.2 Å². The first-order valence-corrected chi connectivity index (χ1v) is 10.1. The Morgan fingerprint density at radius 2 is 1.61 bits per heavy atom. The SMILES string of the molecule is C=C(C)c1[nH]ncc1-c1ccccc1C(F)(F)F.CC.CCCC(C)CCC. The van der Waals surface area contributed by atoms with Crippen molar-refractivity contribution in [1.29, 1.82) is 0 Å². The molecule has 0 amide bonds. The highest BCUT2D eigenvalue weighted by Crippen LogP contribution is 2.38. The van der Waals surface area contributed by atoms with Crippen molar-refractivity contribution in [3.63, 3.8) is 0 Å². The largest absolute Gasteiger partial charge is 0.417 e. The van der Waals surface area contributed by atoms with Gasteiger partial charge in [-0.15, -0.1) is 0 Å². The standard InChI is InChI=1S/C13H11F3N2.C8H18.C2H6/c1-8(2)12-10(7-17-18-12)9-5-3-4-6-11(9)13(14,15)16;1-4-6-8(3)7-5-2;1-2/h3-7H,1H2,2H3,(H,17,18);8H,4-7H2,1-3H3;1-2H3. The van der Waals surface area contributed by atoms with Crippen molar-refractivity contribution < 1.29 is 13.2 Å². The zero-order valence-electron chi connectivity index (χ0n) is 18.1. The summed E-state index contributed by atoms with van der Waals surface area (Å²) in [6.45, 7) is 16.3. The molecule has 0 radical (unpaired) electrons. The number of aromatic nitrogens is 2. The van der Waals surface area contributed by atoms with Crippen LogP contribution in [0.3, 0.4) is 0 Å². The molecule has 5 heteroatoms. The van der Waals surface area contributed by atoms with Gasteiger partial charge >= 0.3 is 6.18 Å². The molecule has 0 atom stereocenters. The Balaban J connectivity index is 0.000000618. The zero-order chi connectivity index (χ0) is 21.7. The molecule has 1 N–H and O–H groups in total. The molecular weight excluding hydrogens is 361 g/mol. The van der Waals surface area contributed by atoms with Gasteiger partial charge in [-0.25, -0.2) is 0 Å². The molecule has 0 bridgehead atoms. The Kier molecular flexibility index (Phi) is 12.2. The van der Waals surface area contributed by atoms with Crippen LogP contribution in [0.2, 0.25) is 0 Å². The molecule has 2 nitrogen and oxygen atoms in total. The van der Waals surface area contributed by atoms with Crippen molar-refractivity contribution in [2.24, 2.45) is 5.92 Å². The molecule has 0 spiro atoms. The number of H-pyrrole nitrogens is 1. The molecule has 0 aliphatic carbocycles. The molecule has 0 saturated carbocycles. The molecular formula is C23H35F3N2. The van der Waals surface area contributed by atoms with E-state index < -0.39 is 11.7 Å². The average molecular weight is 397 g/mol. The number of nitrogens with one attached hydrogen (secondary N) is 1. The smallest absolute Gasteiger partial charge is 0.278 e. The zero-order valence-corrected chi connectivity index (χ0v) is 18.1. The van der Waals surface area contributed by atoms with Crippen LogP contribution < -0.4 is 0 Å². The number of alkyl halides is 3. The lowest BCUT2D eigenvalue weighted by Gasteiger charge is -2.12. The van der Waals surface area contributed by atoms with E-state index in [0.29, 0.717) is 16.8 Å². The summed E-state index contributed by atoms with van der Waals surface area (Å²) in [5.74, 6) is 0.963. The molecule has 0 fully saturated rings. The predicted molar refractivity (Wildman–Crippen MR) is 114 cm³/mol. The fourth-order valence-corrected chi connectivity index (χ4v) is 2.91. The van der Waals surface area contributed by atoms with E-state index in [2.05, 4.69) is 37.5 Å². The quantitative estimate of drug-likeness (QED) is 0.522. The molecule has 28 heavy (non-hydrogen) atoms. The second-order valence-electron chi connectivity index (χ2n) is 6.66. The van der Waals surface area contributed by atoms with Crippen LogP contribution in [0.1, 0.15) is 78.5 Å². The monoisotopic (exact) mass is 396 g/mol. The Hall–Kier alpha value is -2.04. The van der Waals surface area contributed by atoms with Crippen LogP contribution in [0.15, 0.2) is 37.0 Å². The molecule has 1 aromatic heterocycles. The fraction of sp³-hybridized carbons (Fsp3) is 0.522. The van der Waals surface area contributed by atoms with Gasteiger partial charge in [0.05, 0.1) is 17.5 Å². The van der Waals surface area contributed by atoms with E-state index in [-0.39, 0.29) is 5.56 Å². The van der Waals surface area contributed by atoms with E-state index >= 15 is 0 Å². The van der Waals surface area contributed by atoms with E-state index in [1.807, 2.05) is 13.8 Å². The van der Waals surface area contributed by atoms with Crippen LogP contribution in [-0.4, -0.2) is 10.2 Å². The highest BCUT2D eigenvalue weighted by atomic mass is 19.4. The molecule has 0 aliphatic heterocycles. The molecule has 0 unspecified atom stereocenters. The predicted octanol–water partition coefficient (Wildman–Crippen LogP) is 8.38. The van der Waals surface area contributed by atoms with Crippen LogP contribution in [0.25, 0.3) is 16.7 Å². The second-order valence-corrected chi connectivity index (χ2v) is 6.66. The van der Waals surface area contributed by atoms with E-state index in [9.17, 15) is 13.2 Å². The van der Waals surface area contributed by atoms with Crippen molar-refractivity contribution in [3.8, 4) is 11.1 Å². The highest BCUT2D eigenvalue weighted by molar-refractivity contribution is 5.79. The lowest BCUT2D eigenvalue weighted by Crippen LogP contribution is -2.07. The topological polar surface area (TPSA) is 28.7 Å². The molecule has 0 aliphatic rings. The minimum absolute atomic E-state index is 0.108. The van der Waals surface area contributed by atoms with Crippen LogP contribution in [0.5, 0.6) is 0 Å². The van der Waals surface area contributed by atoms with Gasteiger partial charge < -0.3 is 0 Å². The van der Waals surface area contributed by atoms with Crippen molar-refractivity contribution >= 4 is 5.57 Å². The van der Waals surface area contributed by atoms with Gasteiger partial charge in [0.25, 0.3) is 0 Å². The molecule has 1 heterocycles. The fourth-order valence-electron chi connectivity index (χ4n) is 2.91. The Bertz CT molecular complexity index is 681. The maximum absolute atomic E-state index is 12.9. The number of nitrogens with zero attached hydrogens (tertiary/aromatic N) is 1. The first kappa shape index (κ1) is 26.0. The number of benzene rings is 1. The third-order valence-electron chi connectivity index (χ3n) is 4.15. The lowest BCUT2D eigenvalue weighted by atomic mass is 9.98. The van der Waals surface area contributed by atoms with Crippen LogP contribution in [0, 0.1) is 5.92 Å². The number of aromatic amines is 1. The van der Waals surface area contributed by atoms with Gasteiger partial charge in [0.1, 0.15) is 0 Å². The molecule has 0 saturated heterocycles. The van der Waals surface area contributed by atoms with Crippen LogP contribution in [-0.2, 0) is 6.18 Å². The van der Waals surface area contributed by atoms with Gasteiger partial charge in [0.2, 0.25) is 0 Å². The maximum Gasteiger partial charge on any atom is 0.417 e. The molecule has 2 aromatic rings. The number of hydrogen-bond donors (Lipinski definition) is 1. The van der Waals surface area contributed by atoms with E-state index in [1.54, 1.807) is 13.0 Å². The summed E-state index contributed by atoms with van der Waals surface area (Å²) in [5.41, 5.74) is 1.01. The Morgan fingerprint density at radius 1 is 1.07 bits per heavy atom. The second kappa shape index (κ2) is 13.2. The van der Waals surface area contributed by atoms with E-state index in [0.717, 1.165) is 12.0 Å². The van der Waals surface area contributed by atoms with Gasteiger partial charge in [-0.2, -0.15) is 18.3 Å². The number of allylic oxidation sites excluding steroid dienone is 1. The summed E-state index contributed by atoms with van der Waals surface area (Å²) in [6, 6.07) is 5.43. The molecule has 1 aromatic carbocycles. The van der Waals surface area contributed by atoms with Gasteiger partial charge in [-0.05, 0) is 30.0 Å². The minimum atomic E-state index is -4.39. The normalized spacial score (nSPS) is 10.6. The van der Waals surface area contributed by atoms with Crippen molar-refractivity contribution in [2.75, 3.05) is 0 Å². The van der Waals surface area contributed by atoms with Gasteiger partial charge in [-0.1, -0.05) is 85.1 Å². The summed E-state index contributed by atoms with van der Waals surface area (Å²) >= 11 is 0. The number of halogens is 3. The highest BCUT2D eigenvalue weighted by Gasteiger charge is 2.34. The van der Waals surface area contributed by atoms with Crippen molar-refractivity contribution in [1.82, 2.24) is 10.2 Å². The first-order valence-electron chi connectivity index (χ1n) is 10.1. The molecule has 2 rings (SSSR count). The third-order valence-corrected chi connectivity index (χ3v) is 4.15. The van der Waals surface area contributed by atoms with Crippen molar-refractivity contribution in [3.05, 3.63) is 48.3 Å². The van der Waals surface area contributed by atoms with E-state index in [4.69, 9.17) is 0 Å². The first-order chi connectivity index (χ1) is 13.2. The summed E-state index contributed by atoms with van der Waals surface area (Å²) in [5, 5.41) is 6.46. The summed E-state index contributed by atoms with van der Waals surface area (Å²) < 4.78 is 38.8. The summed E-state index contributed by atoms with van der Waals surface area (Å²) in [6.07, 6.45) is 2.51.